The SMILES string of the molecule is Cc1cc(S(C)(=O)=O)c(C)c(S(=O)(=O)OCC(F)(F)C(F)F)c1. The topological polar surface area (TPSA) is 77.5 Å². The van der Waals surface area contributed by atoms with Crippen LogP contribution in [0, 0.1) is 13.8 Å². The van der Waals surface area contributed by atoms with Crippen LogP contribution in [0.15, 0.2) is 21.9 Å². The molecule has 0 saturated carbocycles. The summed E-state index contributed by atoms with van der Waals surface area (Å²) in [7, 11) is -8.62. The monoisotopic (exact) mass is 378 g/mol. The first-order valence-corrected chi connectivity index (χ1v) is 9.35. The molecule has 132 valence electrons. The number of rotatable bonds is 6. The van der Waals surface area contributed by atoms with Gasteiger partial charge in [0.2, 0.25) is 0 Å². The quantitative estimate of drug-likeness (QED) is 0.561. The van der Waals surface area contributed by atoms with E-state index in [4.69, 9.17) is 0 Å². The maximum atomic E-state index is 12.8. The predicted molar refractivity (Wildman–Crippen MR) is 73.1 cm³/mol. The van der Waals surface area contributed by atoms with E-state index in [1.54, 1.807) is 0 Å². The minimum atomic E-state index is -4.84. The lowest BCUT2D eigenvalue weighted by atomic mass is 10.2. The van der Waals surface area contributed by atoms with Crippen molar-refractivity contribution in [3.8, 4) is 0 Å². The molecule has 0 atom stereocenters. The normalized spacial score (nSPS) is 13.6. The molecule has 1 aromatic rings. The zero-order valence-electron chi connectivity index (χ0n) is 12.3. The van der Waals surface area contributed by atoms with E-state index < -0.39 is 43.8 Å². The van der Waals surface area contributed by atoms with Gasteiger partial charge in [0.25, 0.3) is 10.1 Å². The van der Waals surface area contributed by atoms with Crippen LogP contribution < -0.4 is 0 Å². The molecule has 0 aromatic heterocycles. The Labute approximate surface area is 131 Å². The first-order valence-electron chi connectivity index (χ1n) is 6.05. The van der Waals surface area contributed by atoms with Crippen LogP contribution in [0.25, 0.3) is 0 Å². The number of benzene rings is 1. The summed E-state index contributed by atoms with van der Waals surface area (Å²) in [6, 6.07) is 2.22. The number of hydrogen-bond acceptors (Lipinski definition) is 5. The average Bonchev–Trinajstić information content (AvgIpc) is 2.37. The van der Waals surface area contributed by atoms with Gasteiger partial charge < -0.3 is 0 Å². The van der Waals surface area contributed by atoms with Crippen LogP contribution in [0.4, 0.5) is 17.6 Å². The second-order valence-corrected chi connectivity index (χ2v) is 8.50. The lowest BCUT2D eigenvalue weighted by Crippen LogP contribution is -2.33. The van der Waals surface area contributed by atoms with Crippen molar-refractivity contribution in [2.75, 3.05) is 12.9 Å². The molecule has 0 N–H and O–H groups in total. The molecule has 23 heavy (non-hydrogen) atoms. The summed E-state index contributed by atoms with van der Waals surface area (Å²) in [6.45, 7) is 0.493. The zero-order chi connectivity index (χ0) is 18.2. The second-order valence-electron chi connectivity index (χ2n) is 4.94. The van der Waals surface area contributed by atoms with Crippen LogP contribution in [0.5, 0.6) is 0 Å². The summed E-state index contributed by atoms with van der Waals surface area (Å²) in [4.78, 5) is -0.983. The highest BCUT2D eigenvalue weighted by atomic mass is 32.2. The van der Waals surface area contributed by atoms with Crippen LogP contribution in [0.2, 0.25) is 0 Å². The summed E-state index contributed by atoms with van der Waals surface area (Å²) in [5.74, 6) is -4.65. The number of halogens is 4. The summed E-state index contributed by atoms with van der Waals surface area (Å²) in [5.41, 5.74) is -0.0164. The van der Waals surface area contributed by atoms with Crippen LogP contribution in [-0.4, -0.2) is 42.0 Å². The zero-order valence-corrected chi connectivity index (χ0v) is 13.9. The molecule has 0 spiro atoms. The fourth-order valence-corrected chi connectivity index (χ4v) is 4.11. The highest BCUT2D eigenvalue weighted by Crippen LogP contribution is 2.29. The van der Waals surface area contributed by atoms with Gasteiger partial charge in [-0.3, -0.25) is 4.18 Å². The molecule has 0 saturated heterocycles. The Kier molecular flexibility index (Phi) is 5.49. The Morgan fingerprint density at radius 3 is 2.00 bits per heavy atom. The Morgan fingerprint density at radius 1 is 1.09 bits per heavy atom. The van der Waals surface area contributed by atoms with Gasteiger partial charge in [-0.15, -0.1) is 0 Å². The van der Waals surface area contributed by atoms with Gasteiger partial charge in [-0.05, 0) is 37.1 Å². The molecule has 1 rings (SSSR count). The largest absolute Gasteiger partial charge is 0.331 e. The predicted octanol–water partition coefficient (Wildman–Crippen LogP) is 2.31. The summed E-state index contributed by atoms with van der Waals surface area (Å²) in [6.07, 6.45) is -3.25. The first kappa shape index (κ1) is 19.8. The van der Waals surface area contributed by atoms with E-state index >= 15 is 0 Å². The molecule has 0 aliphatic rings. The molecule has 0 aliphatic carbocycles. The van der Waals surface area contributed by atoms with Gasteiger partial charge in [0.05, 0.1) is 9.79 Å². The molecule has 11 heteroatoms. The van der Waals surface area contributed by atoms with Crippen molar-refractivity contribution in [1.82, 2.24) is 0 Å². The fraction of sp³-hybridized carbons (Fsp3) is 0.500. The van der Waals surface area contributed by atoms with E-state index in [2.05, 4.69) is 4.18 Å². The lowest BCUT2D eigenvalue weighted by Gasteiger charge is -2.16. The third kappa shape index (κ3) is 4.64. The molecule has 0 aliphatic heterocycles. The first-order chi connectivity index (χ1) is 10.2. The van der Waals surface area contributed by atoms with Crippen LogP contribution in [0.1, 0.15) is 11.1 Å². The minimum Gasteiger partial charge on any atom is -0.260 e. The summed E-state index contributed by atoms with van der Waals surface area (Å²) < 4.78 is 101. The number of aryl methyl sites for hydroxylation is 1. The molecule has 5 nitrogen and oxygen atoms in total. The van der Waals surface area contributed by atoms with Crippen molar-refractivity contribution in [2.45, 2.75) is 36.0 Å². The molecule has 0 heterocycles. The number of sulfone groups is 1. The molecule has 0 amide bonds. The van der Waals surface area contributed by atoms with Gasteiger partial charge in [-0.25, -0.2) is 17.2 Å². The van der Waals surface area contributed by atoms with Crippen molar-refractivity contribution in [3.05, 3.63) is 23.3 Å². The second kappa shape index (κ2) is 6.36. The number of alkyl halides is 4. The molecular formula is C12H14F4O5S2. The van der Waals surface area contributed by atoms with Gasteiger partial charge in [0.1, 0.15) is 6.61 Å². The van der Waals surface area contributed by atoms with Crippen molar-refractivity contribution >= 4 is 20.0 Å². The lowest BCUT2D eigenvalue weighted by molar-refractivity contribution is -0.147. The highest BCUT2D eigenvalue weighted by Gasteiger charge is 2.43. The molecule has 0 bridgehead atoms. The van der Waals surface area contributed by atoms with E-state index in [-0.39, 0.29) is 16.0 Å². The van der Waals surface area contributed by atoms with Gasteiger partial charge in [0.15, 0.2) is 9.84 Å². The third-order valence-corrected chi connectivity index (χ3v) is 5.47. The fourth-order valence-electron chi connectivity index (χ4n) is 1.72. The Morgan fingerprint density at radius 2 is 1.57 bits per heavy atom. The molecule has 0 radical (unpaired) electrons. The van der Waals surface area contributed by atoms with Gasteiger partial charge in [-0.2, -0.15) is 17.2 Å². The summed E-state index contributed by atoms with van der Waals surface area (Å²) in [5, 5.41) is 0. The van der Waals surface area contributed by atoms with E-state index in [1.807, 2.05) is 0 Å². The maximum Gasteiger partial charge on any atom is 0.331 e. The van der Waals surface area contributed by atoms with Crippen molar-refractivity contribution < 1.29 is 38.6 Å². The Bertz CT molecular complexity index is 801. The van der Waals surface area contributed by atoms with Crippen molar-refractivity contribution in [2.24, 2.45) is 0 Å². The molecule has 0 fully saturated rings. The standard InChI is InChI=1S/C12H14F4O5S2/c1-7-4-9(22(3,17)18)8(2)10(5-7)23(19,20)21-6-12(15,16)11(13)14/h4-5,11H,6H2,1-3H3. The van der Waals surface area contributed by atoms with Crippen LogP contribution in [0.3, 0.4) is 0 Å². The van der Waals surface area contributed by atoms with E-state index in [0.717, 1.165) is 19.2 Å². The smallest absolute Gasteiger partial charge is 0.260 e. The molecule has 1 aromatic carbocycles. The Hall–Kier alpha value is -1.20. The van der Waals surface area contributed by atoms with Gasteiger partial charge >= 0.3 is 12.3 Å². The van der Waals surface area contributed by atoms with Gasteiger partial charge in [0, 0.05) is 6.26 Å². The van der Waals surface area contributed by atoms with E-state index in [1.165, 1.54) is 13.0 Å². The molecular weight excluding hydrogens is 364 g/mol. The van der Waals surface area contributed by atoms with Crippen molar-refractivity contribution in [1.29, 1.82) is 0 Å². The maximum absolute atomic E-state index is 12.8. The average molecular weight is 378 g/mol. The highest BCUT2D eigenvalue weighted by molar-refractivity contribution is 7.91. The number of hydrogen-bond donors (Lipinski definition) is 0. The third-order valence-electron chi connectivity index (χ3n) is 2.85. The van der Waals surface area contributed by atoms with Crippen LogP contribution in [-0.2, 0) is 24.1 Å². The Balaban J connectivity index is 3.33. The van der Waals surface area contributed by atoms with E-state index in [0.29, 0.717) is 0 Å². The molecule has 0 unspecified atom stereocenters. The van der Waals surface area contributed by atoms with Crippen LogP contribution >= 0.6 is 0 Å². The minimum absolute atomic E-state index is 0.221. The van der Waals surface area contributed by atoms with Gasteiger partial charge in [-0.1, -0.05) is 0 Å². The van der Waals surface area contributed by atoms with Crippen molar-refractivity contribution in [3.63, 3.8) is 0 Å². The van der Waals surface area contributed by atoms with E-state index in [9.17, 15) is 34.4 Å². The summed E-state index contributed by atoms with van der Waals surface area (Å²) >= 11 is 0.